The maximum atomic E-state index is 12.7. The molecule has 3 rings (SSSR count). The van der Waals surface area contributed by atoms with E-state index in [1.807, 2.05) is 12.1 Å². The van der Waals surface area contributed by atoms with Crippen LogP contribution >= 0.6 is 11.3 Å². The predicted molar refractivity (Wildman–Crippen MR) is 86.2 cm³/mol. The fourth-order valence-corrected chi connectivity index (χ4v) is 2.90. The molecule has 0 spiro atoms. The summed E-state index contributed by atoms with van der Waals surface area (Å²) in [6, 6.07) is 7.06. The van der Waals surface area contributed by atoms with E-state index in [9.17, 15) is 15.3 Å². The van der Waals surface area contributed by atoms with E-state index in [0.717, 1.165) is 22.1 Å². The van der Waals surface area contributed by atoms with Crippen molar-refractivity contribution in [1.29, 1.82) is 10.5 Å². The molecule has 0 atom stereocenters. The van der Waals surface area contributed by atoms with Crippen molar-refractivity contribution < 1.29 is 9.15 Å². The molecule has 9 heteroatoms. The van der Waals surface area contributed by atoms with Gasteiger partial charge in [0.15, 0.2) is 27.8 Å². The van der Waals surface area contributed by atoms with Crippen molar-refractivity contribution in [2.24, 2.45) is 4.99 Å². The standard InChI is InChI=1S/C15H9N5O3S/c1-2-22-8-18-13-11(7-17)24-15-19-12(10-4-3-5-23-10)9(6-16)14(21)20(13)15/h3-5,8H,2H2,1H3/b18-8+. The lowest BCUT2D eigenvalue weighted by atomic mass is 10.2. The van der Waals surface area contributed by atoms with E-state index in [-0.39, 0.29) is 26.9 Å². The summed E-state index contributed by atoms with van der Waals surface area (Å²) in [4.78, 5) is 21.5. The number of rotatable bonds is 4. The second kappa shape index (κ2) is 6.36. The van der Waals surface area contributed by atoms with Crippen molar-refractivity contribution in [2.45, 2.75) is 6.92 Å². The van der Waals surface area contributed by atoms with E-state index >= 15 is 0 Å². The average molecular weight is 339 g/mol. The molecule has 3 aromatic heterocycles. The molecule has 0 aliphatic rings. The van der Waals surface area contributed by atoms with E-state index in [2.05, 4.69) is 9.98 Å². The highest BCUT2D eigenvalue weighted by molar-refractivity contribution is 7.18. The van der Waals surface area contributed by atoms with Gasteiger partial charge in [0.05, 0.1) is 12.9 Å². The maximum Gasteiger partial charge on any atom is 0.278 e. The van der Waals surface area contributed by atoms with Gasteiger partial charge in [-0.3, -0.25) is 4.79 Å². The van der Waals surface area contributed by atoms with Crippen molar-refractivity contribution in [1.82, 2.24) is 9.38 Å². The molecule has 0 aliphatic carbocycles. The highest BCUT2D eigenvalue weighted by Gasteiger charge is 2.21. The Morgan fingerprint density at radius 1 is 1.50 bits per heavy atom. The Kier molecular flexibility index (Phi) is 4.10. The van der Waals surface area contributed by atoms with Gasteiger partial charge in [-0.2, -0.15) is 15.5 Å². The fraction of sp³-hybridized carbons (Fsp3) is 0.133. The Morgan fingerprint density at radius 2 is 2.33 bits per heavy atom. The van der Waals surface area contributed by atoms with Crippen molar-refractivity contribution in [3.05, 3.63) is 39.2 Å². The first-order valence-corrected chi connectivity index (χ1v) is 7.60. The first-order chi connectivity index (χ1) is 11.7. The molecule has 0 radical (unpaired) electrons. The predicted octanol–water partition coefficient (Wildman–Crippen LogP) is 2.46. The lowest BCUT2D eigenvalue weighted by molar-refractivity contribution is 0.344. The number of thiazole rings is 1. The van der Waals surface area contributed by atoms with Gasteiger partial charge in [-0.25, -0.2) is 9.38 Å². The first-order valence-electron chi connectivity index (χ1n) is 6.79. The summed E-state index contributed by atoms with van der Waals surface area (Å²) in [7, 11) is 0. The Labute approximate surface area is 139 Å². The van der Waals surface area contributed by atoms with Crippen molar-refractivity contribution in [2.75, 3.05) is 6.61 Å². The monoisotopic (exact) mass is 339 g/mol. The smallest absolute Gasteiger partial charge is 0.278 e. The third kappa shape index (κ3) is 2.43. The minimum absolute atomic E-state index is 0.0888. The molecule has 0 amide bonds. The van der Waals surface area contributed by atoms with E-state index in [1.54, 1.807) is 19.1 Å². The van der Waals surface area contributed by atoms with Crippen LogP contribution in [0.3, 0.4) is 0 Å². The number of nitriles is 2. The molecule has 0 N–H and O–H groups in total. The molecular weight excluding hydrogens is 330 g/mol. The van der Waals surface area contributed by atoms with Crippen molar-refractivity contribution in [3.8, 4) is 23.6 Å². The molecule has 0 aliphatic heterocycles. The molecule has 0 unspecified atom stereocenters. The second-order valence-corrected chi connectivity index (χ2v) is 5.38. The zero-order valence-corrected chi connectivity index (χ0v) is 13.2. The highest BCUT2D eigenvalue weighted by atomic mass is 32.1. The number of hydrogen-bond donors (Lipinski definition) is 0. The van der Waals surface area contributed by atoms with E-state index in [0.29, 0.717) is 12.4 Å². The molecule has 8 nitrogen and oxygen atoms in total. The van der Waals surface area contributed by atoms with Crippen LogP contribution in [0.15, 0.2) is 32.6 Å². The molecule has 118 valence electrons. The van der Waals surface area contributed by atoms with Crippen LogP contribution in [0.1, 0.15) is 17.4 Å². The van der Waals surface area contributed by atoms with Gasteiger partial charge < -0.3 is 9.15 Å². The number of ether oxygens (including phenoxy) is 1. The SMILES string of the molecule is CCO/C=N/c1c(C#N)sc2nc(-c3ccco3)c(C#N)c(=O)n12. The van der Waals surface area contributed by atoms with Gasteiger partial charge >= 0.3 is 0 Å². The third-order valence-electron chi connectivity index (χ3n) is 3.04. The normalized spacial score (nSPS) is 10.8. The summed E-state index contributed by atoms with van der Waals surface area (Å²) in [6.45, 7) is 2.17. The van der Waals surface area contributed by atoms with Crippen LogP contribution in [-0.4, -0.2) is 22.4 Å². The number of nitrogens with zero attached hydrogens (tertiary/aromatic N) is 5. The summed E-state index contributed by atoms with van der Waals surface area (Å²) < 4.78 is 11.4. The van der Waals surface area contributed by atoms with Gasteiger partial charge in [0.1, 0.15) is 23.4 Å². The summed E-state index contributed by atoms with van der Waals surface area (Å²) in [5.41, 5.74) is -0.661. The molecule has 0 bridgehead atoms. The van der Waals surface area contributed by atoms with Gasteiger partial charge in [0.2, 0.25) is 0 Å². The highest BCUT2D eigenvalue weighted by Crippen LogP contribution is 2.29. The van der Waals surface area contributed by atoms with Crippen LogP contribution < -0.4 is 5.56 Å². The second-order valence-electron chi connectivity index (χ2n) is 4.40. The molecule has 0 fully saturated rings. The van der Waals surface area contributed by atoms with Crippen LogP contribution in [0.4, 0.5) is 5.82 Å². The minimum Gasteiger partial charge on any atom is -0.483 e. The van der Waals surface area contributed by atoms with Crippen molar-refractivity contribution in [3.63, 3.8) is 0 Å². The fourth-order valence-electron chi connectivity index (χ4n) is 2.04. The molecule has 3 heterocycles. The van der Waals surface area contributed by atoms with Gasteiger partial charge in [-0.1, -0.05) is 11.3 Å². The summed E-state index contributed by atoms with van der Waals surface area (Å²) in [5, 5.41) is 18.6. The number of hydrogen-bond acceptors (Lipinski definition) is 8. The van der Waals surface area contributed by atoms with E-state index < -0.39 is 5.56 Å². The Bertz CT molecular complexity index is 1060. The third-order valence-corrected chi connectivity index (χ3v) is 3.98. The van der Waals surface area contributed by atoms with Crippen LogP contribution in [0.2, 0.25) is 0 Å². The average Bonchev–Trinajstić information content (AvgIpc) is 3.22. The molecule has 0 aromatic carbocycles. The number of fused-ring (bicyclic) bond motifs is 1. The van der Waals surface area contributed by atoms with Gasteiger partial charge in [-0.05, 0) is 19.1 Å². The zero-order valence-electron chi connectivity index (χ0n) is 12.4. The molecule has 0 saturated heterocycles. The van der Waals surface area contributed by atoms with E-state index in [1.165, 1.54) is 6.26 Å². The van der Waals surface area contributed by atoms with Gasteiger partial charge in [0, 0.05) is 0 Å². The summed E-state index contributed by atoms with van der Waals surface area (Å²) >= 11 is 0.997. The quantitative estimate of drug-likeness (QED) is 0.532. The maximum absolute atomic E-state index is 12.7. The van der Waals surface area contributed by atoms with Crippen LogP contribution in [0, 0.1) is 22.7 Å². The van der Waals surface area contributed by atoms with Crippen LogP contribution in [-0.2, 0) is 4.74 Å². The van der Waals surface area contributed by atoms with Gasteiger partial charge in [0.25, 0.3) is 5.56 Å². The Balaban J connectivity index is 2.35. The Morgan fingerprint density at radius 3 is 2.96 bits per heavy atom. The van der Waals surface area contributed by atoms with E-state index in [4.69, 9.17) is 9.15 Å². The lowest BCUT2D eigenvalue weighted by Gasteiger charge is -2.01. The number of aromatic nitrogens is 2. The molecule has 0 saturated carbocycles. The molecule has 24 heavy (non-hydrogen) atoms. The largest absolute Gasteiger partial charge is 0.483 e. The summed E-state index contributed by atoms with van der Waals surface area (Å²) in [5.74, 6) is 0.392. The Hall–Kier alpha value is -3.43. The molecular formula is C15H9N5O3S. The first kappa shape index (κ1) is 15.5. The summed E-state index contributed by atoms with van der Waals surface area (Å²) in [6.07, 6.45) is 2.58. The zero-order chi connectivity index (χ0) is 17.1. The van der Waals surface area contributed by atoms with Gasteiger partial charge in [-0.15, -0.1) is 0 Å². The lowest BCUT2D eigenvalue weighted by Crippen LogP contribution is -2.18. The number of furan rings is 1. The van der Waals surface area contributed by atoms with Crippen LogP contribution in [0.5, 0.6) is 0 Å². The van der Waals surface area contributed by atoms with Crippen molar-refractivity contribution >= 4 is 28.5 Å². The minimum atomic E-state index is -0.615. The number of aliphatic imine (C=N–C) groups is 1. The topological polar surface area (TPSA) is 117 Å². The molecule has 3 aromatic rings. The van der Waals surface area contributed by atoms with Crippen LogP contribution in [0.25, 0.3) is 16.4 Å².